The Hall–Kier alpha value is -0.890. The van der Waals surface area contributed by atoms with Crippen LogP contribution in [0.3, 0.4) is 0 Å². The van der Waals surface area contributed by atoms with E-state index in [-0.39, 0.29) is 11.7 Å². The number of nitrogens with one attached hydrogen (secondary N) is 1. The summed E-state index contributed by atoms with van der Waals surface area (Å²) in [4.78, 5) is 0. The first-order valence-electron chi connectivity index (χ1n) is 6.00. The van der Waals surface area contributed by atoms with E-state index in [1.165, 1.54) is 0 Å². The zero-order valence-electron chi connectivity index (χ0n) is 10.6. The third kappa shape index (κ3) is 3.60. The molecule has 0 fully saturated rings. The van der Waals surface area contributed by atoms with E-state index in [1.807, 2.05) is 12.1 Å². The van der Waals surface area contributed by atoms with Gasteiger partial charge in [-0.2, -0.15) is 0 Å². The Morgan fingerprint density at radius 3 is 2.25 bits per heavy atom. The molecular weight excluding hydrogens is 201 g/mol. The predicted octanol–water partition coefficient (Wildman–Crippen LogP) is 3.56. The van der Waals surface area contributed by atoms with Crippen molar-refractivity contribution < 1.29 is 4.39 Å². The van der Waals surface area contributed by atoms with E-state index in [1.54, 1.807) is 12.1 Å². The molecule has 16 heavy (non-hydrogen) atoms. The van der Waals surface area contributed by atoms with Crippen molar-refractivity contribution in [2.45, 2.75) is 39.7 Å². The molecule has 2 heteroatoms. The van der Waals surface area contributed by atoms with Gasteiger partial charge in [0.2, 0.25) is 0 Å². The quantitative estimate of drug-likeness (QED) is 0.804. The smallest absolute Gasteiger partial charge is 0.126 e. The van der Waals surface area contributed by atoms with Crippen molar-refractivity contribution in [3.63, 3.8) is 0 Å². The molecule has 1 atom stereocenters. The summed E-state index contributed by atoms with van der Waals surface area (Å²) in [5.74, 6) is 0.582. The highest BCUT2D eigenvalue weighted by Crippen LogP contribution is 2.25. The van der Waals surface area contributed by atoms with Gasteiger partial charge in [-0.3, -0.25) is 0 Å². The minimum atomic E-state index is -0.0910. The fourth-order valence-electron chi connectivity index (χ4n) is 1.84. The molecule has 0 radical (unpaired) electrons. The van der Waals surface area contributed by atoms with Crippen LogP contribution in [0.4, 0.5) is 4.39 Å². The molecule has 0 aliphatic heterocycles. The van der Waals surface area contributed by atoms with E-state index in [2.05, 4.69) is 33.0 Å². The number of benzene rings is 1. The monoisotopic (exact) mass is 223 g/mol. The molecule has 0 heterocycles. The third-order valence-corrected chi connectivity index (χ3v) is 2.86. The van der Waals surface area contributed by atoms with Crippen molar-refractivity contribution in [1.29, 1.82) is 0 Å². The molecular formula is C14H22FN. The third-order valence-electron chi connectivity index (χ3n) is 2.86. The van der Waals surface area contributed by atoms with Crippen LogP contribution in [0.1, 0.15) is 39.2 Å². The second kappa shape index (κ2) is 6.00. The normalized spacial score (nSPS) is 13.4. The molecule has 1 rings (SSSR count). The summed E-state index contributed by atoms with van der Waals surface area (Å²) < 4.78 is 13.7. The molecule has 1 nitrogen and oxygen atoms in total. The summed E-state index contributed by atoms with van der Waals surface area (Å²) in [5, 5.41) is 3.39. The van der Waals surface area contributed by atoms with Crippen molar-refractivity contribution >= 4 is 0 Å². The van der Waals surface area contributed by atoms with E-state index in [9.17, 15) is 4.39 Å². The highest BCUT2D eigenvalue weighted by atomic mass is 19.1. The van der Waals surface area contributed by atoms with Crippen molar-refractivity contribution in [3.05, 3.63) is 35.6 Å². The molecule has 0 saturated heterocycles. The molecule has 1 unspecified atom stereocenters. The van der Waals surface area contributed by atoms with Crippen molar-refractivity contribution in [3.8, 4) is 0 Å². The Bertz CT molecular complexity index is 320. The summed E-state index contributed by atoms with van der Waals surface area (Å²) in [6.45, 7) is 9.33. The molecule has 1 N–H and O–H groups in total. The van der Waals surface area contributed by atoms with E-state index in [4.69, 9.17) is 0 Å². The average molecular weight is 223 g/mol. The van der Waals surface area contributed by atoms with Crippen LogP contribution < -0.4 is 5.32 Å². The van der Waals surface area contributed by atoms with E-state index >= 15 is 0 Å². The van der Waals surface area contributed by atoms with E-state index in [0.717, 1.165) is 12.1 Å². The Kier molecular flexibility index (Phi) is 4.94. The van der Waals surface area contributed by atoms with Crippen LogP contribution in [0, 0.1) is 11.7 Å². The van der Waals surface area contributed by atoms with Crippen LogP contribution in [0.5, 0.6) is 0 Å². The summed E-state index contributed by atoms with van der Waals surface area (Å²) >= 11 is 0. The van der Waals surface area contributed by atoms with Crippen molar-refractivity contribution in [1.82, 2.24) is 5.32 Å². The van der Waals surface area contributed by atoms with Crippen LogP contribution in [0.15, 0.2) is 24.3 Å². The van der Waals surface area contributed by atoms with E-state index < -0.39 is 0 Å². The lowest BCUT2D eigenvalue weighted by molar-refractivity contribution is 0.426. The summed E-state index contributed by atoms with van der Waals surface area (Å²) in [7, 11) is 0. The van der Waals surface area contributed by atoms with E-state index in [0.29, 0.717) is 12.0 Å². The average Bonchev–Trinajstić information content (AvgIpc) is 2.20. The number of halogens is 1. The summed E-state index contributed by atoms with van der Waals surface area (Å²) in [6.07, 6.45) is 0. The maximum absolute atomic E-state index is 13.7. The molecule has 1 aromatic carbocycles. The zero-order valence-corrected chi connectivity index (χ0v) is 10.6. The van der Waals surface area contributed by atoms with Crippen LogP contribution in [-0.4, -0.2) is 12.6 Å². The molecule has 0 aromatic heterocycles. The fraction of sp³-hybridized carbons (Fsp3) is 0.571. The Morgan fingerprint density at radius 1 is 1.12 bits per heavy atom. The fourth-order valence-corrected chi connectivity index (χ4v) is 1.84. The SMILES string of the molecule is CC(C)NCC(c1ccccc1F)C(C)C. The Morgan fingerprint density at radius 2 is 1.75 bits per heavy atom. The maximum Gasteiger partial charge on any atom is 0.126 e. The van der Waals surface area contributed by atoms with Crippen LogP contribution >= 0.6 is 0 Å². The first kappa shape index (κ1) is 13.2. The van der Waals surface area contributed by atoms with Gasteiger partial charge in [0, 0.05) is 18.5 Å². The molecule has 0 aliphatic carbocycles. The Labute approximate surface area is 98.1 Å². The van der Waals surface area contributed by atoms with Gasteiger partial charge >= 0.3 is 0 Å². The second-order valence-electron chi connectivity index (χ2n) is 4.93. The van der Waals surface area contributed by atoms with Gasteiger partial charge in [0.15, 0.2) is 0 Å². The molecule has 0 spiro atoms. The number of hydrogen-bond acceptors (Lipinski definition) is 1. The molecule has 0 amide bonds. The molecule has 90 valence electrons. The van der Waals surface area contributed by atoms with Crippen LogP contribution in [0.2, 0.25) is 0 Å². The molecule has 0 saturated carbocycles. The van der Waals surface area contributed by atoms with Gasteiger partial charge in [-0.05, 0) is 17.5 Å². The number of hydrogen-bond donors (Lipinski definition) is 1. The lowest BCUT2D eigenvalue weighted by Crippen LogP contribution is -2.30. The van der Waals surface area contributed by atoms with Gasteiger partial charge in [-0.15, -0.1) is 0 Å². The second-order valence-corrected chi connectivity index (χ2v) is 4.93. The van der Waals surface area contributed by atoms with Gasteiger partial charge in [0.25, 0.3) is 0 Å². The topological polar surface area (TPSA) is 12.0 Å². The van der Waals surface area contributed by atoms with Gasteiger partial charge in [-0.1, -0.05) is 45.9 Å². The van der Waals surface area contributed by atoms with Crippen molar-refractivity contribution in [2.75, 3.05) is 6.54 Å². The highest BCUT2D eigenvalue weighted by molar-refractivity contribution is 5.22. The maximum atomic E-state index is 13.7. The van der Waals surface area contributed by atoms with Gasteiger partial charge in [-0.25, -0.2) is 4.39 Å². The van der Waals surface area contributed by atoms with Crippen LogP contribution in [0.25, 0.3) is 0 Å². The number of rotatable bonds is 5. The van der Waals surface area contributed by atoms with Crippen molar-refractivity contribution in [2.24, 2.45) is 5.92 Å². The molecule has 1 aromatic rings. The Balaban J connectivity index is 2.82. The standard InChI is InChI=1S/C14H22FN/c1-10(2)13(9-16-11(3)4)12-7-5-6-8-14(12)15/h5-8,10-11,13,16H,9H2,1-4H3. The highest BCUT2D eigenvalue weighted by Gasteiger charge is 2.18. The largest absolute Gasteiger partial charge is 0.314 e. The predicted molar refractivity (Wildman–Crippen MR) is 67.1 cm³/mol. The molecule has 0 aliphatic rings. The zero-order chi connectivity index (χ0) is 12.1. The lowest BCUT2D eigenvalue weighted by Gasteiger charge is -2.23. The van der Waals surface area contributed by atoms with Gasteiger partial charge < -0.3 is 5.32 Å². The lowest BCUT2D eigenvalue weighted by atomic mass is 9.88. The minimum Gasteiger partial charge on any atom is -0.314 e. The first-order chi connectivity index (χ1) is 7.52. The van der Waals surface area contributed by atoms with Gasteiger partial charge in [0.1, 0.15) is 5.82 Å². The summed E-state index contributed by atoms with van der Waals surface area (Å²) in [5.41, 5.74) is 0.825. The molecule has 0 bridgehead atoms. The first-order valence-corrected chi connectivity index (χ1v) is 6.00. The van der Waals surface area contributed by atoms with Gasteiger partial charge in [0.05, 0.1) is 0 Å². The van der Waals surface area contributed by atoms with Crippen LogP contribution in [-0.2, 0) is 0 Å². The summed E-state index contributed by atoms with van der Waals surface area (Å²) in [6, 6.07) is 7.52. The minimum absolute atomic E-state index is 0.0910.